The van der Waals surface area contributed by atoms with Gasteiger partial charge < -0.3 is 19.3 Å². The Morgan fingerprint density at radius 2 is 1.74 bits per heavy atom. The van der Waals surface area contributed by atoms with Crippen LogP contribution < -0.4 is 14.2 Å². The van der Waals surface area contributed by atoms with Crippen LogP contribution in [-0.4, -0.2) is 46.9 Å². The van der Waals surface area contributed by atoms with E-state index in [0.29, 0.717) is 12.2 Å². The number of benzene rings is 2. The SMILES string of the molecule is COCCOc1cc(NS(=O)(=O)c2cc(C(C)(C)C)ccc2C)c(C(=O)O)cc1OC. The van der Waals surface area contributed by atoms with Crippen LogP contribution in [0.5, 0.6) is 11.5 Å². The van der Waals surface area contributed by atoms with Crippen molar-refractivity contribution >= 4 is 21.7 Å². The highest BCUT2D eigenvalue weighted by Crippen LogP contribution is 2.35. The fourth-order valence-corrected chi connectivity index (χ4v) is 4.23. The van der Waals surface area contributed by atoms with Gasteiger partial charge in [-0.1, -0.05) is 32.9 Å². The first-order valence-electron chi connectivity index (χ1n) is 9.61. The zero-order chi connectivity index (χ0) is 23.4. The van der Waals surface area contributed by atoms with Crippen molar-refractivity contribution in [1.29, 1.82) is 0 Å². The Hall–Kier alpha value is -2.78. The second-order valence-corrected chi connectivity index (χ2v) is 9.68. The molecule has 8 nitrogen and oxygen atoms in total. The Morgan fingerprint density at radius 3 is 2.29 bits per heavy atom. The van der Waals surface area contributed by atoms with E-state index in [0.717, 1.165) is 5.56 Å². The minimum absolute atomic E-state index is 0.0777. The van der Waals surface area contributed by atoms with E-state index in [1.165, 1.54) is 26.4 Å². The predicted molar refractivity (Wildman–Crippen MR) is 118 cm³/mol. The number of sulfonamides is 1. The molecule has 0 bridgehead atoms. The Labute approximate surface area is 183 Å². The summed E-state index contributed by atoms with van der Waals surface area (Å²) in [5.41, 5.74) is 0.746. The van der Waals surface area contributed by atoms with Crippen LogP contribution in [0.1, 0.15) is 42.3 Å². The van der Waals surface area contributed by atoms with Gasteiger partial charge in [0.1, 0.15) is 6.61 Å². The van der Waals surface area contributed by atoms with Gasteiger partial charge in [0.15, 0.2) is 11.5 Å². The van der Waals surface area contributed by atoms with Gasteiger partial charge in [0.25, 0.3) is 10.0 Å². The lowest BCUT2D eigenvalue weighted by atomic mass is 9.87. The zero-order valence-electron chi connectivity index (χ0n) is 18.6. The molecule has 0 radical (unpaired) electrons. The van der Waals surface area contributed by atoms with Crippen LogP contribution in [0.3, 0.4) is 0 Å². The Morgan fingerprint density at radius 1 is 1.06 bits per heavy atom. The molecule has 0 amide bonds. The topological polar surface area (TPSA) is 111 Å². The second-order valence-electron chi connectivity index (χ2n) is 8.03. The van der Waals surface area contributed by atoms with Crippen LogP contribution in [0.4, 0.5) is 5.69 Å². The molecule has 0 spiro atoms. The smallest absolute Gasteiger partial charge is 0.337 e. The molecule has 2 aromatic rings. The lowest BCUT2D eigenvalue weighted by Crippen LogP contribution is -2.19. The lowest BCUT2D eigenvalue weighted by molar-refractivity contribution is 0.0697. The van der Waals surface area contributed by atoms with Crippen molar-refractivity contribution in [2.45, 2.75) is 38.0 Å². The van der Waals surface area contributed by atoms with Gasteiger partial charge in [0.2, 0.25) is 0 Å². The van der Waals surface area contributed by atoms with Crippen molar-refractivity contribution in [3.8, 4) is 11.5 Å². The zero-order valence-corrected chi connectivity index (χ0v) is 19.4. The van der Waals surface area contributed by atoms with Crippen LogP contribution >= 0.6 is 0 Å². The van der Waals surface area contributed by atoms with Crippen molar-refractivity contribution in [3.05, 3.63) is 47.0 Å². The second kappa shape index (κ2) is 9.57. The van der Waals surface area contributed by atoms with E-state index in [9.17, 15) is 18.3 Å². The first-order valence-corrected chi connectivity index (χ1v) is 11.1. The maximum Gasteiger partial charge on any atom is 0.337 e. The van der Waals surface area contributed by atoms with Gasteiger partial charge in [-0.3, -0.25) is 4.72 Å². The van der Waals surface area contributed by atoms with Gasteiger partial charge in [-0.2, -0.15) is 0 Å². The minimum atomic E-state index is -4.08. The molecular weight excluding hydrogens is 422 g/mol. The molecule has 0 unspecified atom stereocenters. The van der Waals surface area contributed by atoms with Crippen LogP contribution in [0.2, 0.25) is 0 Å². The summed E-state index contributed by atoms with van der Waals surface area (Å²) in [6, 6.07) is 7.75. The third-order valence-corrected chi connectivity index (χ3v) is 6.17. The minimum Gasteiger partial charge on any atom is -0.493 e. The van der Waals surface area contributed by atoms with Crippen LogP contribution in [0.25, 0.3) is 0 Å². The number of methoxy groups -OCH3 is 2. The maximum absolute atomic E-state index is 13.2. The van der Waals surface area contributed by atoms with Crippen LogP contribution in [0.15, 0.2) is 35.2 Å². The van der Waals surface area contributed by atoms with Crippen molar-refractivity contribution < 1.29 is 32.5 Å². The van der Waals surface area contributed by atoms with E-state index < -0.39 is 16.0 Å². The number of carboxylic acid groups (broad SMARTS) is 1. The van der Waals surface area contributed by atoms with Crippen molar-refractivity contribution in [2.75, 3.05) is 32.2 Å². The molecule has 0 fully saturated rings. The average Bonchev–Trinajstić information content (AvgIpc) is 2.67. The molecule has 170 valence electrons. The third kappa shape index (κ3) is 5.89. The predicted octanol–water partition coefficient (Wildman–Crippen LogP) is 3.83. The summed E-state index contributed by atoms with van der Waals surface area (Å²) in [6.07, 6.45) is 0. The molecule has 0 aliphatic heterocycles. The van der Waals surface area contributed by atoms with Crippen LogP contribution in [-0.2, 0) is 20.2 Å². The monoisotopic (exact) mass is 451 g/mol. The Bertz CT molecular complexity index is 1060. The highest BCUT2D eigenvalue weighted by molar-refractivity contribution is 7.92. The quantitative estimate of drug-likeness (QED) is 0.558. The molecule has 31 heavy (non-hydrogen) atoms. The Kier molecular flexibility index (Phi) is 7.56. The summed E-state index contributed by atoms with van der Waals surface area (Å²) in [5.74, 6) is -0.940. The molecule has 2 N–H and O–H groups in total. The number of carbonyl (C=O) groups is 1. The normalized spacial score (nSPS) is 11.8. The summed E-state index contributed by atoms with van der Waals surface area (Å²) in [4.78, 5) is 11.9. The van der Waals surface area contributed by atoms with Crippen molar-refractivity contribution in [2.24, 2.45) is 0 Å². The largest absolute Gasteiger partial charge is 0.493 e. The number of anilines is 1. The van der Waals surface area contributed by atoms with E-state index in [1.807, 2.05) is 26.8 Å². The van der Waals surface area contributed by atoms with Gasteiger partial charge in [-0.25, -0.2) is 13.2 Å². The number of hydrogen-bond donors (Lipinski definition) is 2. The molecule has 9 heteroatoms. The van der Waals surface area contributed by atoms with Crippen LogP contribution in [0, 0.1) is 6.92 Å². The summed E-state index contributed by atoms with van der Waals surface area (Å²) in [7, 11) is -1.19. The van der Waals surface area contributed by atoms with Gasteiger partial charge in [-0.05, 0) is 29.5 Å². The molecule has 0 atom stereocenters. The number of aromatic carboxylic acids is 1. The van der Waals surface area contributed by atoms with E-state index in [-0.39, 0.29) is 39.7 Å². The highest BCUT2D eigenvalue weighted by atomic mass is 32.2. The number of hydrogen-bond acceptors (Lipinski definition) is 6. The van der Waals surface area contributed by atoms with E-state index >= 15 is 0 Å². The van der Waals surface area contributed by atoms with Gasteiger partial charge >= 0.3 is 5.97 Å². The Balaban J connectivity index is 2.55. The fraction of sp³-hybridized carbons (Fsp3) is 0.409. The maximum atomic E-state index is 13.2. The molecule has 2 rings (SSSR count). The fourth-order valence-electron chi connectivity index (χ4n) is 2.88. The summed E-state index contributed by atoms with van der Waals surface area (Å²) in [6.45, 7) is 8.11. The third-order valence-electron chi connectivity index (χ3n) is 4.67. The molecule has 0 saturated carbocycles. The standard InChI is InChI=1S/C22H29NO7S/c1-14-7-8-15(22(2,3)4)11-20(14)31(26,27)23-17-13-19(30-10-9-28-5)18(29-6)12-16(17)21(24)25/h7-8,11-13,23H,9-10H2,1-6H3,(H,24,25). The number of ether oxygens (including phenoxy) is 3. The highest BCUT2D eigenvalue weighted by Gasteiger charge is 2.25. The molecule has 0 aliphatic rings. The summed E-state index contributed by atoms with van der Waals surface area (Å²) in [5, 5.41) is 9.61. The molecule has 0 saturated heterocycles. The number of aryl methyl sites for hydroxylation is 1. The number of carboxylic acids is 1. The van der Waals surface area contributed by atoms with Gasteiger partial charge in [-0.15, -0.1) is 0 Å². The molecule has 0 aromatic heterocycles. The first-order chi connectivity index (χ1) is 14.4. The summed E-state index contributed by atoms with van der Waals surface area (Å²) < 4.78 is 44.5. The molecule has 0 aliphatic carbocycles. The lowest BCUT2D eigenvalue weighted by Gasteiger charge is -2.21. The summed E-state index contributed by atoms with van der Waals surface area (Å²) >= 11 is 0. The molecular formula is C22H29NO7S. The average molecular weight is 452 g/mol. The number of rotatable bonds is 9. The molecule has 2 aromatic carbocycles. The van der Waals surface area contributed by atoms with Gasteiger partial charge in [0, 0.05) is 19.2 Å². The first kappa shape index (κ1) is 24.5. The van der Waals surface area contributed by atoms with Crippen molar-refractivity contribution in [3.63, 3.8) is 0 Å². The number of nitrogens with one attached hydrogen (secondary N) is 1. The van der Waals surface area contributed by atoms with E-state index in [1.54, 1.807) is 19.1 Å². The van der Waals surface area contributed by atoms with E-state index in [4.69, 9.17) is 14.2 Å². The van der Waals surface area contributed by atoms with E-state index in [2.05, 4.69) is 4.72 Å². The van der Waals surface area contributed by atoms with Gasteiger partial charge in [0.05, 0.1) is 29.9 Å². The van der Waals surface area contributed by atoms with Crippen molar-refractivity contribution in [1.82, 2.24) is 0 Å². The molecule has 0 heterocycles.